The highest BCUT2D eigenvalue weighted by molar-refractivity contribution is 5.80. The summed E-state index contributed by atoms with van der Waals surface area (Å²) in [6.07, 6.45) is 0. The molecule has 0 radical (unpaired) electrons. The van der Waals surface area contributed by atoms with Crippen molar-refractivity contribution in [1.29, 1.82) is 5.41 Å². The van der Waals surface area contributed by atoms with Crippen molar-refractivity contribution < 1.29 is 9.53 Å². The van der Waals surface area contributed by atoms with Crippen LogP contribution in [0.5, 0.6) is 0 Å². The quantitative estimate of drug-likeness (QED) is 0.369. The predicted octanol–water partition coefficient (Wildman–Crippen LogP) is 0.0109. The average molecular weight is 187 g/mol. The Morgan fingerprint density at radius 3 is 2.54 bits per heavy atom. The molecule has 0 saturated carbocycles. The lowest BCUT2D eigenvalue weighted by Crippen LogP contribution is -2.37. The average Bonchev–Trinajstić information content (AvgIpc) is 2.00. The van der Waals surface area contributed by atoms with E-state index < -0.39 is 0 Å². The van der Waals surface area contributed by atoms with E-state index in [1.807, 2.05) is 13.8 Å². The number of rotatable bonds is 4. The smallest absolute Gasteiger partial charge is 0.325 e. The highest BCUT2D eigenvalue weighted by Crippen LogP contribution is 1.93. The fourth-order valence-corrected chi connectivity index (χ4v) is 0.584. The van der Waals surface area contributed by atoms with Crippen LogP contribution in [0.2, 0.25) is 0 Å². The number of esters is 1. The van der Waals surface area contributed by atoms with Gasteiger partial charge in [0.1, 0.15) is 6.54 Å². The van der Waals surface area contributed by atoms with E-state index in [2.05, 4.69) is 0 Å². The number of nitrogens with one attached hydrogen (secondary N) is 1. The number of carbonyl (C=O) groups is 1. The van der Waals surface area contributed by atoms with Crippen LogP contribution in [0, 0.1) is 11.3 Å². The molecule has 5 nitrogen and oxygen atoms in total. The second kappa shape index (κ2) is 5.40. The number of ether oxygens (including phenoxy) is 1. The summed E-state index contributed by atoms with van der Waals surface area (Å²) in [7, 11) is 1.57. The highest BCUT2D eigenvalue weighted by Gasteiger charge is 2.08. The van der Waals surface area contributed by atoms with E-state index in [0.717, 1.165) is 0 Å². The summed E-state index contributed by atoms with van der Waals surface area (Å²) in [5.74, 6) is -0.167. The fourth-order valence-electron chi connectivity index (χ4n) is 0.584. The van der Waals surface area contributed by atoms with Gasteiger partial charge in [0.25, 0.3) is 0 Å². The predicted molar refractivity (Wildman–Crippen MR) is 50.3 cm³/mol. The zero-order valence-electron chi connectivity index (χ0n) is 8.33. The van der Waals surface area contributed by atoms with Crippen LogP contribution < -0.4 is 5.73 Å². The molecule has 0 aliphatic heterocycles. The van der Waals surface area contributed by atoms with E-state index in [1.165, 1.54) is 4.90 Å². The number of hydrogen-bond acceptors (Lipinski definition) is 3. The van der Waals surface area contributed by atoms with Gasteiger partial charge in [-0.2, -0.15) is 0 Å². The first-order valence-corrected chi connectivity index (χ1v) is 4.14. The van der Waals surface area contributed by atoms with E-state index in [-0.39, 0.29) is 18.5 Å². The van der Waals surface area contributed by atoms with Crippen LogP contribution in [0.1, 0.15) is 13.8 Å². The number of nitrogens with zero attached hydrogens (tertiary/aromatic N) is 1. The van der Waals surface area contributed by atoms with E-state index in [9.17, 15) is 4.79 Å². The van der Waals surface area contributed by atoms with Crippen molar-refractivity contribution in [2.24, 2.45) is 11.7 Å². The summed E-state index contributed by atoms with van der Waals surface area (Å²) in [5, 5.41) is 7.01. The largest absolute Gasteiger partial charge is 0.464 e. The molecular formula is C8H17N3O2. The fraction of sp³-hybridized carbons (Fsp3) is 0.750. The summed E-state index contributed by atoms with van der Waals surface area (Å²) in [4.78, 5) is 12.4. The van der Waals surface area contributed by atoms with Gasteiger partial charge in [-0.3, -0.25) is 10.2 Å². The zero-order valence-corrected chi connectivity index (χ0v) is 8.33. The van der Waals surface area contributed by atoms with Gasteiger partial charge in [0.05, 0.1) is 6.61 Å². The first kappa shape index (κ1) is 11.7. The van der Waals surface area contributed by atoms with Gasteiger partial charge in [0, 0.05) is 7.05 Å². The Morgan fingerprint density at radius 2 is 2.15 bits per heavy atom. The van der Waals surface area contributed by atoms with Gasteiger partial charge < -0.3 is 15.4 Å². The third-order valence-electron chi connectivity index (χ3n) is 1.36. The molecule has 0 rings (SSSR count). The van der Waals surface area contributed by atoms with Crippen LogP contribution in [0.25, 0.3) is 0 Å². The molecule has 0 saturated heterocycles. The van der Waals surface area contributed by atoms with Gasteiger partial charge in [-0.25, -0.2) is 0 Å². The molecule has 0 fully saturated rings. The van der Waals surface area contributed by atoms with Crippen LogP contribution in [0.3, 0.4) is 0 Å². The van der Waals surface area contributed by atoms with Gasteiger partial charge in [-0.1, -0.05) is 13.8 Å². The summed E-state index contributed by atoms with van der Waals surface area (Å²) in [5.41, 5.74) is 5.14. The molecule has 0 amide bonds. The van der Waals surface area contributed by atoms with E-state index in [1.54, 1.807) is 7.05 Å². The van der Waals surface area contributed by atoms with E-state index in [4.69, 9.17) is 15.9 Å². The second-order valence-electron chi connectivity index (χ2n) is 3.32. The third kappa shape index (κ3) is 5.95. The van der Waals surface area contributed by atoms with Crippen molar-refractivity contribution in [3.05, 3.63) is 0 Å². The Morgan fingerprint density at radius 1 is 1.62 bits per heavy atom. The Hall–Kier alpha value is -1.26. The molecule has 0 spiro atoms. The third-order valence-corrected chi connectivity index (χ3v) is 1.36. The van der Waals surface area contributed by atoms with Crippen molar-refractivity contribution in [3.8, 4) is 0 Å². The summed E-state index contributed by atoms with van der Waals surface area (Å²) in [6, 6.07) is 0. The van der Waals surface area contributed by atoms with Crippen molar-refractivity contribution in [1.82, 2.24) is 4.90 Å². The maximum absolute atomic E-state index is 11.0. The van der Waals surface area contributed by atoms with Crippen LogP contribution in [0.4, 0.5) is 0 Å². The molecule has 0 heterocycles. The minimum Gasteiger partial charge on any atom is -0.464 e. The minimum absolute atomic E-state index is 0.0298. The molecule has 0 unspecified atom stereocenters. The topological polar surface area (TPSA) is 79.4 Å². The minimum atomic E-state index is -0.355. The Balaban J connectivity index is 3.68. The lowest BCUT2D eigenvalue weighted by atomic mass is 10.2. The maximum atomic E-state index is 11.0. The molecule has 0 bridgehead atoms. The summed E-state index contributed by atoms with van der Waals surface area (Å²) < 4.78 is 4.89. The van der Waals surface area contributed by atoms with Crippen LogP contribution >= 0.6 is 0 Å². The van der Waals surface area contributed by atoms with Gasteiger partial charge in [0.15, 0.2) is 5.96 Å². The standard InChI is InChI=1S/C8H17N3O2/c1-6(2)5-13-7(12)4-11(3)8(9)10/h6H,4-5H2,1-3H3,(H3,9,10). The number of likely N-dealkylation sites (N-methyl/N-ethyl adjacent to an activating group) is 1. The molecule has 0 aromatic rings. The second-order valence-corrected chi connectivity index (χ2v) is 3.32. The molecule has 3 N–H and O–H groups in total. The number of guanidine groups is 1. The number of hydrogen-bond donors (Lipinski definition) is 2. The molecule has 0 atom stereocenters. The Kier molecular flexibility index (Phi) is 4.87. The molecule has 0 aromatic carbocycles. The normalized spacial score (nSPS) is 9.85. The molecule has 5 heteroatoms. The summed E-state index contributed by atoms with van der Waals surface area (Å²) >= 11 is 0. The maximum Gasteiger partial charge on any atom is 0.325 e. The van der Waals surface area contributed by atoms with Crippen LogP contribution in [0.15, 0.2) is 0 Å². The van der Waals surface area contributed by atoms with Gasteiger partial charge >= 0.3 is 5.97 Å². The Bertz CT molecular complexity index is 192. The van der Waals surface area contributed by atoms with E-state index >= 15 is 0 Å². The lowest BCUT2D eigenvalue weighted by Gasteiger charge is -2.15. The van der Waals surface area contributed by atoms with Crippen molar-refractivity contribution >= 4 is 11.9 Å². The molecular weight excluding hydrogens is 170 g/mol. The van der Waals surface area contributed by atoms with E-state index in [0.29, 0.717) is 12.5 Å². The number of carbonyl (C=O) groups excluding carboxylic acids is 1. The molecule has 76 valence electrons. The first-order valence-electron chi connectivity index (χ1n) is 4.14. The van der Waals surface area contributed by atoms with Crippen molar-refractivity contribution in [3.63, 3.8) is 0 Å². The summed E-state index contributed by atoms with van der Waals surface area (Å²) in [6.45, 7) is 4.36. The highest BCUT2D eigenvalue weighted by atomic mass is 16.5. The zero-order chi connectivity index (χ0) is 10.4. The molecule has 0 aromatic heterocycles. The van der Waals surface area contributed by atoms with Crippen LogP contribution in [-0.4, -0.2) is 37.0 Å². The van der Waals surface area contributed by atoms with Crippen LogP contribution in [-0.2, 0) is 9.53 Å². The van der Waals surface area contributed by atoms with Gasteiger partial charge in [0.2, 0.25) is 0 Å². The van der Waals surface area contributed by atoms with Gasteiger partial charge in [-0.05, 0) is 5.92 Å². The lowest BCUT2D eigenvalue weighted by molar-refractivity contribution is -0.144. The molecule has 0 aliphatic carbocycles. The SMILES string of the molecule is CC(C)COC(=O)CN(C)C(=N)N. The molecule has 13 heavy (non-hydrogen) atoms. The van der Waals surface area contributed by atoms with Crippen molar-refractivity contribution in [2.45, 2.75) is 13.8 Å². The van der Waals surface area contributed by atoms with Crippen molar-refractivity contribution in [2.75, 3.05) is 20.2 Å². The first-order chi connectivity index (χ1) is 5.93. The Labute approximate surface area is 78.4 Å². The monoisotopic (exact) mass is 187 g/mol. The molecule has 0 aliphatic rings. The number of nitrogens with two attached hydrogens (primary N) is 1. The van der Waals surface area contributed by atoms with Gasteiger partial charge in [-0.15, -0.1) is 0 Å².